The molecule has 1 amide bonds. The Bertz CT molecular complexity index is 1190. The molecule has 0 fully saturated rings. The smallest absolute Gasteiger partial charge is 0.270 e. The number of hydrogen-bond donors (Lipinski definition) is 1. The second kappa shape index (κ2) is 9.16. The number of fused-ring (bicyclic) bond motifs is 1. The molecular formula is C25H27FN4O. The molecule has 0 unspecified atom stereocenters. The number of halogens is 1. The topological polar surface area (TPSA) is 53.9 Å². The summed E-state index contributed by atoms with van der Waals surface area (Å²) >= 11 is 0. The summed E-state index contributed by atoms with van der Waals surface area (Å²) in [4.78, 5) is 14.6. The van der Waals surface area contributed by atoms with E-state index in [4.69, 9.17) is 0 Å². The van der Waals surface area contributed by atoms with Gasteiger partial charge < -0.3 is 9.47 Å². The molecule has 4 aromatic rings. The summed E-state index contributed by atoms with van der Waals surface area (Å²) < 4.78 is 15.3. The van der Waals surface area contributed by atoms with Crippen molar-refractivity contribution in [3.05, 3.63) is 77.9 Å². The van der Waals surface area contributed by atoms with E-state index >= 15 is 0 Å². The van der Waals surface area contributed by atoms with Crippen LogP contribution in [0.5, 0.6) is 0 Å². The molecule has 0 atom stereocenters. The van der Waals surface area contributed by atoms with Crippen LogP contribution >= 0.6 is 0 Å². The van der Waals surface area contributed by atoms with Crippen molar-refractivity contribution in [2.24, 2.45) is 7.05 Å². The van der Waals surface area contributed by atoms with E-state index in [9.17, 15) is 9.18 Å². The molecule has 1 N–H and O–H groups in total. The predicted molar refractivity (Wildman–Crippen MR) is 121 cm³/mol. The van der Waals surface area contributed by atoms with Gasteiger partial charge in [0.1, 0.15) is 11.5 Å². The Hall–Kier alpha value is -3.41. The summed E-state index contributed by atoms with van der Waals surface area (Å²) in [6.45, 7) is 0.720. The SMILES string of the molecule is CN(CCCCCc1cc(-c2cccc(F)c2)n[nH]1)C(=O)c1cc2ccccc2n1C. The Morgan fingerprint density at radius 3 is 2.71 bits per heavy atom. The van der Waals surface area contributed by atoms with E-state index in [0.717, 1.165) is 60.1 Å². The van der Waals surface area contributed by atoms with Crippen molar-refractivity contribution < 1.29 is 9.18 Å². The average Bonchev–Trinajstić information content (AvgIpc) is 3.38. The Morgan fingerprint density at radius 2 is 1.90 bits per heavy atom. The number of aromatic nitrogens is 3. The fraction of sp³-hybridized carbons (Fsp3) is 0.280. The van der Waals surface area contributed by atoms with Gasteiger partial charge in [-0.05, 0) is 49.6 Å². The molecule has 0 aliphatic rings. The molecule has 0 aliphatic carbocycles. The van der Waals surface area contributed by atoms with Crippen LogP contribution in [0, 0.1) is 5.82 Å². The maximum Gasteiger partial charge on any atom is 0.270 e. The van der Waals surface area contributed by atoms with E-state index in [0.29, 0.717) is 5.69 Å². The second-order valence-corrected chi connectivity index (χ2v) is 7.97. The first-order valence-electron chi connectivity index (χ1n) is 10.6. The van der Waals surface area contributed by atoms with Gasteiger partial charge in [0, 0.05) is 42.8 Å². The molecule has 2 aromatic carbocycles. The number of aryl methyl sites for hydroxylation is 2. The second-order valence-electron chi connectivity index (χ2n) is 7.97. The summed E-state index contributed by atoms with van der Waals surface area (Å²) in [6, 6.07) is 18.4. The normalized spacial score (nSPS) is 11.2. The van der Waals surface area contributed by atoms with Crippen LogP contribution in [0.25, 0.3) is 22.2 Å². The highest BCUT2D eigenvalue weighted by Crippen LogP contribution is 2.21. The lowest BCUT2D eigenvalue weighted by Crippen LogP contribution is -2.29. The van der Waals surface area contributed by atoms with Crippen LogP contribution in [0.3, 0.4) is 0 Å². The Labute approximate surface area is 181 Å². The van der Waals surface area contributed by atoms with Gasteiger partial charge in [0.2, 0.25) is 0 Å². The van der Waals surface area contributed by atoms with E-state index in [1.807, 2.05) is 61.1 Å². The predicted octanol–water partition coefficient (Wildman–Crippen LogP) is 5.19. The molecule has 0 bridgehead atoms. The number of hydrogen-bond acceptors (Lipinski definition) is 2. The first-order valence-corrected chi connectivity index (χ1v) is 10.6. The fourth-order valence-corrected chi connectivity index (χ4v) is 3.92. The Kier molecular flexibility index (Phi) is 6.16. The first-order chi connectivity index (χ1) is 15.0. The van der Waals surface area contributed by atoms with Crippen LogP contribution in [0.2, 0.25) is 0 Å². The largest absolute Gasteiger partial charge is 0.340 e. The zero-order valence-corrected chi connectivity index (χ0v) is 17.9. The van der Waals surface area contributed by atoms with Crippen molar-refractivity contribution >= 4 is 16.8 Å². The highest BCUT2D eigenvalue weighted by atomic mass is 19.1. The van der Waals surface area contributed by atoms with E-state index < -0.39 is 0 Å². The third-order valence-corrected chi connectivity index (χ3v) is 5.71. The number of nitrogens with one attached hydrogen (secondary N) is 1. The van der Waals surface area contributed by atoms with Crippen LogP contribution in [-0.4, -0.2) is 39.2 Å². The number of nitrogens with zero attached hydrogens (tertiary/aromatic N) is 3. The summed E-state index contributed by atoms with van der Waals surface area (Å²) in [5.74, 6) is -0.212. The van der Waals surface area contributed by atoms with Crippen molar-refractivity contribution in [3.8, 4) is 11.3 Å². The number of rotatable bonds is 8. The van der Waals surface area contributed by atoms with Gasteiger partial charge in [-0.1, -0.05) is 36.8 Å². The van der Waals surface area contributed by atoms with E-state index in [1.54, 1.807) is 11.0 Å². The monoisotopic (exact) mass is 418 g/mol. The summed E-state index contributed by atoms with van der Waals surface area (Å²) in [7, 11) is 3.80. The van der Waals surface area contributed by atoms with Gasteiger partial charge in [0.15, 0.2) is 0 Å². The van der Waals surface area contributed by atoms with Crippen LogP contribution in [-0.2, 0) is 13.5 Å². The van der Waals surface area contributed by atoms with Gasteiger partial charge in [0.05, 0.1) is 5.69 Å². The number of benzene rings is 2. The minimum Gasteiger partial charge on any atom is -0.340 e. The molecular weight excluding hydrogens is 391 g/mol. The number of amides is 1. The van der Waals surface area contributed by atoms with Crippen LogP contribution in [0.4, 0.5) is 4.39 Å². The van der Waals surface area contributed by atoms with Crippen molar-refractivity contribution in [2.45, 2.75) is 25.7 Å². The minimum absolute atomic E-state index is 0.0482. The zero-order valence-electron chi connectivity index (χ0n) is 17.9. The number of aromatic amines is 1. The van der Waals surface area contributed by atoms with Gasteiger partial charge in [0.25, 0.3) is 5.91 Å². The quantitative estimate of drug-likeness (QED) is 0.400. The first kappa shape index (κ1) is 20.8. The van der Waals surface area contributed by atoms with Gasteiger partial charge in [-0.25, -0.2) is 4.39 Å². The lowest BCUT2D eigenvalue weighted by molar-refractivity contribution is 0.0783. The number of carbonyl (C=O) groups is 1. The summed E-state index contributed by atoms with van der Waals surface area (Å²) in [5.41, 5.74) is 4.35. The maximum absolute atomic E-state index is 13.4. The number of para-hydroxylation sites is 1. The lowest BCUT2D eigenvalue weighted by Gasteiger charge is -2.17. The fourth-order valence-electron chi connectivity index (χ4n) is 3.92. The van der Waals surface area contributed by atoms with Crippen molar-refractivity contribution in [1.29, 1.82) is 0 Å². The molecule has 0 aliphatic heterocycles. The van der Waals surface area contributed by atoms with E-state index in [1.165, 1.54) is 12.1 Å². The van der Waals surface area contributed by atoms with Crippen molar-refractivity contribution in [1.82, 2.24) is 19.7 Å². The molecule has 0 spiro atoms. The third-order valence-electron chi connectivity index (χ3n) is 5.71. The van der Waals surface area contributed by atoms with Crippen molar-refractivity contribution in [3.63, 3.8) is 0 Å². The summed E-state index contributed by atoms with van der Waals surface area (Å²) in [5, 5.41) is 8.42. The maximum atomic E-state index is 13.4. The number of carbonyl (C=O) groups excluding carboxylic acids is 1. The highest BCUT2D eigenvalue weighted by Gasteiger charge is 2.16. The van der Waals surface area contributed by atoms with Crippen molar-refractivity contribution in [2.75, 3.05) is 13.6 Å². The molecule has 4 rings (SSSR count). The number of H-pyrrole nitrogens is 1. The summed E-state index contributed by atoms with van der Waals surface area (Å²) in [6.07, 6.45) is 3.84. The standard InChI is InChI=1S/C25H27FN4O/c1-29(25(31)24-16-19-9-5-6-13-23(19)30(24)2)14-7-3-4-12-21-17-22(28-27-21)18-10-8-11-20(26)15-18/h5-6,8-11,13,15-17H,3-4,7,12,14H2,1-2H3,(H,27,28). The van der Waals surface area contributed by atoms with Gasteiger partial charge in [-0.3, -0.25) is 9.89 Å². The molecule has 2 heterocycles. The van der Waals surface area contributed by atoms with Crippen LogP contribution in [0.1, 0.15) is 35.4 Å². The molecule has 5 nitrogen and oxygen atoms in total. The van der Waals surface area contributed by atoms with E-state index in [-0.39, 0.29) is 11.7 Å². The molecule has 0 saturated carbocycles. The van der Waals surface area contributed by atoms with Crippen LogP contribution < -0.4 is 0 Å². The van der Waals surface area contributed by atoms with Gasteiger partial charge in [-0.15, -0.1) is 0 Å². The van der Waals surface area contributed by atoms with E-state index in [2.05, 4.69) is 10.2 Å². The zero-order chi connectivity index (χ0) is 21.8. The Morgan fingerprint density at radius 1 is 1.06 bits per heavy atom. The van der Waals surface area contributed by atoms with Gasteiger partial charge >= 0.3 is 0 Å². The molecule has 160 valence electrons. The molecule has 31 heavy (non-hydrogen) atoms. The number of unbranched alkanes of at least 4 members (excludes halogenated alkanes) is 2. The highest BCUT2D eigenvalue weighted by molar-refractivity contribution is 5.98. The molecule has 0 saturated heterocycles. The molecule has 0 radical (unpaired) electrons. The van der Waals surface area contributed by atoms with Gasteiger partial charge in [-0.2, -0.15) is 5.10 Å². The Balaban J connectivity index is 1.24. The molecule has 2 aromatic heterocycles. The van der Waals surface area contributed by atoms with Crippen LogP contribution in [0.15, 0.2) is 60.7 Å². The lowest BCUT2D eigenvalue weighted by atomic mass is 10.1. The average molecular weight is 419 g/mol. The third kappa shape index (κ3) is 4.68. The minimum atomic E-state index is -0.260. The molecule has 6 heteroatoms.